The summed E-state index contributed by atoms with van der Waals surface area (Å²) in [6.45, 7) is 7.67. The molecule has 0 fully saturated rings. The molecule has 1 aromatic carbocycles. The van der Waals surface area contributed by atoms with Gasteiger partial charge in [0.05, 0.1) is 7.11 Å². The molecule has 0 amide bonds. The van der Waals surface area contributed by atoms with Crippen LogP contribution >= 0.6 is 0 Å². The van der Waals surface area contributed by atoms with Crippen LogP contribution in [0.2, 0.25) is 0 Å². The fraction of sp³-hybridized carbons (Fsp3) is 0.571. The van der Waals surface area contributed by atoms with Crippen LogP contribution in [0.25, 0.3) is 0 Å². The minimum Gasteiger partial charge on any atom is -0.496 e. The van der Waals surface area contributed by atoms with E-state index in [9.17, 15) is 4.39 Å². The summed E-state index contributed by atoms with van der Waals surface area (Å²) < 4.78 is 19.1. The summed E-state index contributed by atoms with van der Waals surface area (Å²) >= 11 is 0. The SMILES string of the molecule is CCc1c(CC(C)(C)N)cc(F)c(C)c1OC. The van der Waals surface area contributed by atoms with Gasteiger partial charge in [0.2, 0.25) is 0 Å². The zero-order valence-corrected chi connectivity index (χ0v) is 11.4. The number of nitrogens with two attached hydrogens (primary N) is 1. The van der Waals surface area contributed by atoms with Crippen molar-refractivity contribution >= 4 is 0 Å². The van der Waals surface area contributed by atoms with E-state index in [1.54, 1.807) is 20.1 Å². The van der Waals surface area contributed by atoms with Gasteiger partial charge in [0.25, 0.3) is 0 Å². The number of hydrogen-bond acceptors (Lipinski definition) is 2. The summed E-state index contributed by atoms with van der Waals surface area (Å²) in [6.07, 6.45) is 1.46. The van der Waals surface area contributed by atoms with Crippen LogP contribution in [-0.2, 0) is 12.8 Å². The normalized spacial score (nSPS) is 11.7. The van der Waals surface area contributed by atoms with Crippen LogP contribution in [0.4, 0.5) is 4.39 Å². The Hall–Kier alpha value is -1.09. The second-order valence-electron chi connectivity index (χ2n) is 5.17. The molecule has 1 rings (SSSR count). The van der Waals surface area contributed by atoms with E-state index in [1.165, 1.54) is 0 Å². The molecular weight excluding hydrogens is 217 g/mol. The Kier molecular flexibility index (Phi) is 4.15. The maximum Gasteiger partial charge on any atom is 0.130 e. The molecule has 0 aliphatic heterocycles. The topological polar surface area (TPSA) is 35.2 Å². The summed E-state index contributed by atoms with van der Waals surface area (Å²) in [6, 6.07) is 1.59. The lowest BCUT2D eigenvalue weighted by atomic mass is 9.90. The summed E-state index contributed by atoms with van der Waals surface area (Å²) in [7, 11) is 1.58. The molecule has 0 heterocycles. The molecule has 0 radical (unpaired) electrons. The molecule has 0 aromatic heterocycles. The van der Waals surface area contributed by atoms with Gasteiger partial charge in [-0.05, 0) is 50.8 Å². The smallest absolute Gasteiger partial charge is 0.130 e. The van der Waals surface area contributed by atoms with E-state index in [4.69, 9.17) is 10.5 Å². The van der Waals surface area contributed by atoms with Gasteiger partial charge in [-0.1, -0.05) is 6.92 Å². The van der Waals surface area contributed by atoms with Crippen LogP contribution in [0.5, 0.6) is 5.75 Å². The first kappa shape index (κ1) is 14.0. The van der Waals surface area contributed by atoms with Crippen LogP contribution < -0.4 is 10.5 Å². The van der Waals surface area contributed by atoms with Gasteiger partial charge in [0.1, 0.15) is 11.6 Å². The molecule has 0 aliphatic rings. The minimum atomic E-state index is -0.351. The number of ether oxygens (including phenoxy) is 1. The fourth-order valence-corrected chi connectivity index (χ4v) is 2.14. The van der Waals surface area contributed by atoms with Crippen molar-refractivity contribution in [1.29, 1.82) is 0 Å². The van der Waals surface area contributed by atoms with Gasteiger partial charge in [-0.3, -0.25) is 0 Å². The van der Waals surface area contributed by atoms with E-state index in [2.05, 4.69) is 0 Å². The highest BCUT2D eigenvalue weighted by atomic mass is 19.1. The zero-order chi connectivity index (χ0) is 13.2. The highest BCUT2D eigenvalue weighted by Crippen LogP contribution is 2.31. The highest BCUT2D eigenvalue weighted by molar-refractivity contribution is 5.47. The lowest BCUT2D eigenvalue weighted by Crippen LogP contribution is -2.34. The molecular formula is C14H22FNO. The molecule has 0 atom stereocenters. The molecule has 3 heteroatoms. The van der Waals surface area contributed by atoms with E-state index >= 15 is 0 Å². The molecule has 2 N–H and O–H groups in total. The largest absolute Gasteiger partial charge is 0.496 e. The van der Waals surface area contributed by atoms with Crippen molar-refractivity contribution in [2.24, 2.45) is 5.73 Å². The van der Waals surface area contributed by atoms with Crippen molar-refractivity contribution < 1.29 is 9.13 Å². The molecule has 0 aliphatic carbocycles. The van der Waals surface area contributed by atoms with E-state index in [0.29, 0.717) is 17.7 Å². The predicted molar refractivity (Wildman–Crippen MR) is 69.0 cm³/mol. The van der Waals surface area contributed by atoms with Crippen molar-refractivity contribution in [1.82, 2.24) is 0 Å². The molecule has 0 saturated heterocycles. The lowest BCUT2D eigenvalue weighted by molar-refractivity contribution is 0.400. The maximum absolute atomic E-state index is 13.8. The third-order valence-corrected chi connectivity index (χ3v) is 2.87. The van der Waals surface area contributed by atoms with E-state index in [-0.39, 0.29) is 11.4 Å². The van der Waals surface area contributed by atoms with Crippen LogP contribution in [0, 0.1) is 12.7 Å². The maximum atomic E-state index is 13.8. The second kappa shape index (κ2) is 5.05. The summed E-state index contributed by atoms with van der Waals surface area (Å²) in [5.41, 5.74) is 8.23. The Morgan fingerprint density at radius 2 is 2.00 bits per heavy atom. The molecule has 17 heavy (non-hydrogen) atoms. The first-order valence-electron chi connectivity index (χ1n) is 5.94. The Labute approximate surface area is 103 Å². The van der Waals surface area contributed by atoms with Gasteiger partial charge >= 0.3 is 0 Å². The second-order valence-corrected chi connectivity index (χ2v) is 5.17. The van der Waals surface area contributed by atoms with Crippen molar-refractivity contribution in [3.8, 4) is 5.75 Å². The van der Waals surface area contributed by atoms with Gasteiger partial charge < -0.3 is 10.5 Å². The van der Waals surface area contributed by atoms with Crippen molar-refractivity contribution in [2.75, 3.05) is 7.11 Å². The number of rotatable bonds is 4. The summed E-state index contributed by atoms with van der Waals surface area (Å²) in [4.78, 5) is 0. The van der Waals surface area contributed by atoms with Crippen LogP contribution in [0.15, 0.2) is 6.07 Å². The van der Waals surface area contributed by atoms with E-state index < -0.39 is 0 Å². The minimum absolute atomic E-state index is 0.224. The molecule has 1 aromatic rings. The van der Waals surface area contributed by atoms with Gasteiger partial charge in [-0.2, -0.15) is 0 Å². The Morgan fingerprint density at radius 3 is 2.41 bits per heavy atom. The fourth-order valence-electron chi connectivity index (χ4n) is 2.14. The highest BCUT2D eigenvalue weighted by Gasteiger charge is 2.19. The molecule has 96 valence electrons. The van der Waals surface area contributed by atoms with Crippen molar-refractivity contribution in [2.45, 2.75) is 46.1 Å². The molecule has 0 bridgehead atoms. The third-order valence-electron chi connectivity index (χ3n) is 2.87. The van der Waals surface area contributed by atoms with Crippen LogP contribution in [0.1, 0.15) is 37.5 Å². The molecule has 0 spiro atoms. The van der Waals surface area contributed by atoms with Gasteiger partial charge in [0.15, 0.2) is 0 Å². The Bertz CT molecular complexity index is 408. The zero-order valence-electron chi connectivity index (χ0n) is 11.4. The van der Waals surface area contributed by atoms with Crippen LogP contribution in [0.3, 0.4) is 0 Å². The Morgan fingerprint density at radius 1 is 1.41 bits per heavy atom. The van der Waals surface area contributed by atoms with Crippen LogP contribution in [-0.4, -0.2) is 12.6 Å². The van der Waals surface area contributed by atoms with Gasteiger partial charge in [-0.25, -0.2) is 4.39 Å². The standard InChI is InChI=1S/C14H22FNO/c1-6-11-10(8-14(3,4)16)7-12(15)9(2)13(11)17-5/h7H,6,8,16H2,1-5H3. The van der Waals surface area contributed by atoms with Gasteiger partial charge in [0, 0.05) is 11.1 Å². The number of benzene rings is 1. The first-order chi connectivity index (χ1) is 7.80. The number of halogens is 1. The number of methoxy groups -OCH3 is 1. The molecule has 0 unspecified atom stereocenters. The third kappa shape index (κ3) is 3.19. The summed E-state index contributed by atoms with van der Waals surface area (Å²) in [5.74, 6) is 0.435. The monoisotopic (exact) mass is 239 g/mol. The Balaban J connectivity index is 3.34. The average Bonchev–Trinajstić information content (AvgIpc) is 2.20. The van der Waals surface area contributed by atoms with Crippen molar-refractivity contribution in [3.63, 3.8) is 0 Å². The van der Waals surface area contributed by atoms with Crippen molar-refractivity contribution in [3.05, 3.63) is 28.6 Å². The van der Waals surface area contributed by atoms with E-state index in [1.807, 2.05) is 20.8 Å². The molecule has 0 saturated carbocycles. The lowest BCUT2D eigenvalue weighted by Gasteiger charge is -2.22. The summed E-state index contributed by atoms with van der Waals surface area (Å²) in [5, 5.41) is 0. The predicted octanol–water partition coefficient (Wildman–Crippen LogP) is 2.98. The molecule has 2 nitrogen and oxygen atoms in total. The average molecular weight is 239 g/mol. The quantitative estimate of drug-likeness (QED) is 0.876. The van der Waals surface area contributed by atoms with E-state index in [0.717, 1.165) is 17.5 Å². The first-order valence-corrected chi connectivity index (χ1v) is 5.94. The van der Waals surface area contributed by atoms with Gasteiger partial charge in [-0.15, -0.1) is 0 Å². The number of hydrogen-bond donors (Lipinski definition) is 1.